The standard InChI is InChI=1S/C11H11BrN4O/c1-7-4-5-16(14-7)8-2-3-9(10(12)6-8)11(13)15-17/h2-6,17H,1H3,(H2,13,15). The van der Waals surface area contributed by atoms with E-state index in [0.717, 1.165) is 15.9 Å². The van der Waals surface area contributed by atoms with E-state index in [9.17, 15) is 0 Å². The van der Waals surface area contributed by atoms with E-state index in [0.29, 0.717) is 5.56 Å². The first-order valence-electron chi connectivity index (χ1n) is 4.92. The van der Waals surface area contributed by atoms with Gasteiger partial charge in [0, 0.05) is 16.2 Å². The zero-order valence-electron chi connectivity index (χ0n) is 9.13. The van der Waals surface area contributed by atoms with Gasteiger partial charge in [0.2, 0.25) is 0 Å². The molecule has 0 unspecified atom stereocenters. The van der Waals surface area contributed by atoms with E-state index < -0.39 is 0 Å². The van der Waals surface area contributed by atoms with Crippen LogP contribution in [0.1, 0.15) is 11.3 Å². The first-order chi connectivity index (χ1) is 8.11. The van der Waals surface area contributed by atoms with Crippen molar-refractivity contribution in [1.82, 2.24) is 9.78 Å². The van der Waals surface area contributed by atoms with E-state index in [-0.39, 0.29) is 5.84 Å². The number of halogens is 1. The molecule has 0 aliphatic heterocycles. The Bertz CT molecular complexity index is 577. The third kappa shape index (κ3) is 2.31. The molecule has 0 saturated carbocycles. The second-order valence-electron chi connectivity index (χ2n) is 3.55. The normalized spacial score (nSPS) is 11.8. The number of benzene rings is 1. The van der Waals surface area contributed by atoms with Crippen molar-refractivity contribution >= 4 is 21.8 Å². The summed E-state index contributed by atoms with van der Waals surface area (Å²) in [6.45, 7) is 1.93. The summed E-state index contributed by atoms with van der Waals surface area (Å²) in [6.07, 6.45) is 1.88. The molecule has 0 radical (unpaired) electrons. The average molecular weight is 295 g/mol. The second kappa shape index (κ2) is 4.58. The van der Waals surface area contributed by atoms with Crippen LogP contribution in [0, 0.1) is 6.92 Å². The van der Waals surface area contributed by atoms with Crippen LogP contribution < -0.4 is 5.73 Å². The SMILES string of the molecule is Cc1ccn(-c2ccc(/C(N)=N/O)c(Br)c2)n1. The molecule has 2 aromatic rings. The predicted octanol–water partition coefficient (Wildman–Crippen LogP) is 2.04. The zero-order chi connectivity index (χ0) is 12.4. The van der Waals surface area contributed by atoms with E-state index in [1.165, 1.54) is 0 Å². The van der Waals surface area contributed by atoms with Gasteiger partial charge < -0.3 is 10.9 Å². The van der Waals surface area contributed by atoms with Crippen molar-refractivity contribution in [3.8, 4) is 5.69 Å². The van der Waals surface area contributed by atoms with Gasteiger partial charge in [0.05, 0.1) is 11.4 Å². The van der Waals surface area contributed by atoms with Crippen LogP contribution in [0.25, 0.3) is 5.69 Å². The predicted molar refractivity (Wildman–Crippen MR) is 68.5 cm³/mol. The maximum atomic E-state index is 8.63. The molecule has 1 aromatic carbocycles. The van der Waals surface area contributed by atoms with Crippen LogP contribution in [0.4, 0.5) is 0 Å². The Balaban J connectivity index is 2.44. The molecule has 0 bridgehead atoms. The Kier molecular flexibility index (Phi) is 3.14. The van der Waals surface area contributed by atoms with Gasteiger partial charge in [-0.25, -0.2) is 4.68 Å². The van der Waals surface area contributed by atoms with Gasteiger partial charge in [-0.1, -0.05) is 5.16 Å². The summed E-state index contributed by atoms with van der Waals surface area (Å²) < 4.78 is 2.51. The van der Waals surface area contributed by atoms with E-state index >= 15 is 0 Å². The van der Waals surface area contributed by atoms with Gasteiger partial charge in [0.1, 0.15) is 0 Å². The lowest BCUT2D eigenvalue weighted by molar-refractivity contribution is 0.318. The quantitative estimate of drug-likeness (QED) is 0.385. The van der Waals surface area contributed by atoms with Crippen LogP contribution >= 0.6 is 15.9 Å². The molecule has 0 saturated heterocycles. The fourth-order valence-electron chi connectivity index (χ4n) is 1.47. The third-order valence-electron chi connectivity index (χ3n) is 2.32. The maximum absolute atomic E-state index is 8.63. The topological polar surface area (TPSA) is 76.4 Å². The molecule has 1 heterocycles. The summed E-state index contributed by atoms with van der Waals surface area (Å²) in [5.74, 6) is 0.0695. The average Bonchev–Trinajstić information content (AvgIpc) is 2.75. The molecule has 5 nitrogen and oxygen atoms in total. The Labute approximate surface area is 107 Å². The minimum Gasteiger partial charge on any atom is -0.409 e. The van der Waals surface area contributed by atoms with E-state index in [1.54, 1.807) is 10.7 Å². The Morgan fingerprint density at radius 1 is 1.47 bits per heavy atom. The maximum Gasteiger partial charge on any atom is 0.171 e. The highest BCUT2D eigenvalue weighted by molar-refractivity contribution is 9.10. The fourth-order valence-corrected chi connectivity index (χ4v) is 2.04. The highest BCUT2D eigenvalue weighted by Crippen LogP contribution is 2.20. The molecule has 6 heteroatoms. The van der Waals surface area contributed by atoms with Gasteiger partial charge in [-0.15, -0.1) is 0 Å². The molecule has 17 heavy (non-hydrogen) atoms. The second-order valence-corrected chi connectivity index (χ2v) is 4.41. The highest BCUT2D eigenvalue weighted by Gasteiger charge is 2.07. The lowest BCUT2D eigenvalue weighted by Crippen LogP contribution is -2.14. The molecule has 0 atom stereocenters. The number of hydrogen-bond donors (Lipinski definition) is 2. The Morgan fingerprint density at radius 3 is 2.76 bits per heavy atom. The van der Waals surface area contributed by atoms with Crippen LogP contribution in [0.15, 0.2) is 40.1 Å². The van der Waals surface area contributed by atoms with Gasteiger partial charge in [-0.2, -0.15) is 5.10 Å². The van der Waals surface area contributed by atoms with Crippen molar-refractivity contribution in [3.63, 3.8) is 0 Å². The van der Waals surface area contributed by atoms with E-state index in [4.69, 9.17) is 10.9 Å². The molecule has 3 N–H and O–H groups in total. The van der Waals surface area contributed by atoms with Crippen molar-refractivity contribution in [3.05, 3.63) is 46.2 Å². The summed E-state index contributed by atoms with van der Waals surface area (Å²) in [7, 11) is 0. The number of hydrogen-bond acceptors (Lipinski definition) is 3. The Morgan fingerprint density at radius 2 is 2.24 bits per heavy atom. The van der Waals surface area contributed by atoms with E-state index in [2.05, 4.69) is 26.2 Å². The van der Waals surface area contributed by atoms with Crippen molar-refractivity contribution in [2.24, 2.45) is 10.9 Å². The van der Waals surface area contributed by atoms with Gasteiger partial charge in [-0.3, -0.25) is 0 Å². The number of aryl methyl sites for hydroxylation is 1. The molecule has 88 valence electrons. The minimum atomic E-state index is 0.0695. The molecule has 0 amide bonds. The zero-order valence-corrected chi connectivity index (χ0v) is 10.7. The van der Waals surface area contributed by atoms with E-state index in [1.807, 2.05) is 31.3 Å². The number of amidine groups is 1. The number of aromatic nitrogens is 2. The molecular formula is C11H11BrN4O. The first kappa shape index (κ1) is 11.7. The molecule has 2 rings (SSSR count). The lowest BCUT2D eigenvalue weighted by Gasteiger charge is -2.06. The largest absolute Gasteiger partial charge is 0.409 e. The number of rotatable bonds is 2. The van der Waals surface area contributed by atoms with Gasteiger partial charge in [0.15, 0.2) is 5.84 Å². The summed E-state index contributed by atoms with van der Waals surface area (Å²) in [4.78, 5) is 0. The first-order valence-corrected chi connectivity index (χ1v) is 5.71. The Hall–Kier alpha value is -1.82. The van der Waals surface area contributed by atoms with Crippen LogP contribution in [0.2, 0.25) is 0 Å². The van der Waals surface area contributed by atoms with Gasteiger partial charge >= 0.3 is 0 Å². The van der Waals surface area contributed by atoms with Crippen LogP contribution in [-0.2, 0) is 0 Å². The lowest BCUT2D eigenvalue weighted by atomic mass is 10.2. The molecule has 1 aromatic heterocycles. The van der Waals surface area contributed by atoms with Crippen molar-refractivity contribution in [2.45, 2.75) is 6.92 Å². The number of oxime groups is 1. The summed E-state index contributed by atoms with van der Waals surface area (Å²) in [5.41, 5.74) is 8.02. The van der Waals surface area contributed by atoms with Gasteiger partial charge in [0.25, 0.3) is 0 Å². The summed E-state index contributed by atoms with van der Waals surface area (Å²) >= 11 is 3.38. The molecular weight excluding hydrogens is 284 g/mol. The third-order valence-corrected chi connectivity index (χ3v) is 2.98. The van der Waals surface area contributed by atoms with Crippen molar-refractivity contribution < 1.29 is 5.21 Å². The molecule has 0 aliphatic rings. The molecule has 0 fully saturated rings. The van der Waals surface area contributed by atoms with Crippen molar-refractivity contribution in [1.29, 1.82) is 0 Å². The molecule has 0 spiro atoms. The smallest absolute Gasteiger partial charge is 0.171 e. The number of nitrogens with zero attached hydrogens (tertiary/aromatic N) is 3. The number of nitrogens with two attached hydrogens (primary N) is 1. The minimum absolute atomic E-state index is 0.0695. The molecule has 0 aliphatic carbocycles. The van der Waals surface area contributed by atoms with Crippen LogP contribution in [0.5, 0.6) is 0 Å². The van der Waals surface area contributed by atoms with Crippen LogP contribution in [0.3, 0.4) is 0 Å². The van der Waals surface area contributed by atoms with Crippen LogP contribution in [-0.4, -0.2) is 20.8 Å². The van der Waals surface area contributed by atoms with Crippen molar-refractivity contribution in [2.75, 3.05) is 0 Å². The summed E-state index contributed by atoms with van der Waals surface area (Å²) in [5, 5.41) is 15.9. The van der Waals surface area contributed by atoms with Gasteiger partial charge in [-0.05, 0) is 47.1 Å². The highest BCUT2D eigenvalue weighted by atomic mass is 79.9. The fraction of sp³-hybridized carbons (Fsp3) is 0.0909. The summed E-state index contributed by atoms with van der Waals surface area (Å²) in [6, 6.07) is 7.40. The monoisotopic (exact) mass is 294 g/mol.